The van der Waals surface area contributed by atoms with Gasteiger partial charge < -0.3 is 10.2 Å². The number of rotatable bonds is 8. The van der Waals surface area contributed by atoms with Crippen LogP contribution in [0.3, 0.4) is 0 Å². The first-order chi connectivity index (χ1) is 14.9. The lowest BCUT2D eigenvalue weighted by atomic mass is 10.1. The lowest BCUT2D eigenvalue weighted by molar-refractivity contribution is -0.141. The van der Waals surface area contributed by atoms with E-state index in [0.717, 1.165) is 31.2 Å². The number of carbonyl (C=O) groups is 2. The highest BCUT2D eigenvalue weighted by Gasteiger charge is 2.31. The van der Waals surface area contributed by atoms with Crippen LogP contribution in [0.2, 0.25) is 15.1 Å². The molecule has 3 rings (SSSR count). The number of carbonyl (C=O) groups excluding carboxylic acids is 2. The molecular weight excluding hydrogens is 455 g/mol. The minimum atomic E-state index is -0.588. The molecule has 0 radical (unpaired) electrons. The molecule has 4 nitrogen and oxygen atoms in total. The number of nitrogens with zero attached hydrogens (tertiary/aromatic N) is 1. The van der Waals surface area contributed by atoms with Gasteiger partial charge >= 0.3 is 0 Å². The monoisotopic (exact) mass is 480 g/mol. The number of hydrogen-bond donors (Lipinski definition) is 1. The van der Waals surface area contributed by atoms with Crippen molar-refractivity contribution in [2.45, 2.75) is 64.1 Å². The number of hydrogen-bond acceptors (Lipinski definition) is 2. The predicted molar refractivity (Wildman–Crippen MR) is 127 cm³/mol. The van der Waals surface area contributed by atoms with Crippen LogP contribution in [0.15, 0.2) is 42.5 Å². The Kier molecular flexibility index (Phi) is 8.65. The Balaban J connectivity index is 1.85. The molecule has 1 fully saturated rings. The van der Waals surface area contributed by atoms with E-state index in [1.807, 2.05) is 25.1 Å². The van der Waals surface area contributed by atoms with Crippen molar-refractivity contribution in [2.24, 2.45) is 0 Å². The molecular formula is C24H27Cl3N2O2. The normalized spacial score (nSPS) is 15.0. The van der Waals surface area contributed by atoms with E-state index in [2.05, 4.69) is 5.32 Å². The highest BCUT2D eigenvalue weighted by molar-refractivity contribution is 6.35. The summed E-state index contributed by atoms with van der Waals surface area (Å²) in [5.41, 5.74) is 1.47. The molecule has 0 heterocycles. The summed E-state index contributed by atoms with van der Waals surface area (Å²) < 4.78 is 0. The van der Waals surface area contributed by atoms with Crippen LogP contribution in [-0.4, -0.2) is 28.8 Å². The second-order valence-corrected chi connectivity index (χ2v) is 9.19. The zero-order chi connectivity index (χ0) is 22.4. The fourth-order valence-electron chi connectivity index (χ4n) is 4.03. The Bertz CT molecular complexity index is 929. The molecule has 1 aliphatic rings. The number of nitrogens with one attached hydrogen (secondary N) is 1. The molecule has 7 heteroatoms. The van der Waals surface area contributed by atoms with Crippen molar-refractivity contribution in [2.75, 3.05) is 0 Å². The third kappa shape index (κ3) is 6.38. The van der Waals surface area contributed by atoms with Gasteiger partial charge in [0, 0.05) is 27.7 Å². The molecule has 0 bridgehead atoms. The Morgan fingerprint density at radius 3 is 2.39 bits per heavy atom. The van der Waals surface area contributed by atoms with Crippen LogP contribution in [0.5, 0.6) is 0 Å². The zero-order valence-corrected chi connectivity index (χ0v) is 19.8. The van der Waals surface area contributed by atoms with Gasteiger partial charge in [-0.2, -0.15) is 0 Å². The van der Waals surface area contributed by atoms with Crippen LogP contribution in [0.25, 0.3) is 0 Å². The van der Waals surface area contributed by atoms with E-state index in [0.29, 0.717) is 27.1 Å². The molecule has 1 N–H and O–H groups in total. The summed E-state index contributed by atoms with van der Waals surface area (Å²) in [5, 5.41) is 4.65. The third-order valence-electron chi connectivity index (χ3n) is 5.74. The molecule has 2 aromatic rings. The highest BCUT2D eigenvalue weighted by atomic mass is 35.5. The highest BCUT2D eigenvalue weighted by Crippen LogP contribution is 2.25. The van der Waals surface area contributed by atoms with Gasteiger partial charge in [-0.05, 0) is 48.6 Å². The summed E-state index contributed by atoms with van der Waals surface area (Å²) in [6.45, 7) is 2.17. The standard InChI is InChI=1S/C24H27Cl3N2O2/c1-2-22(24(31)28-19-8-4-5-9-19)29(15-17-7-3-6-10-20(17)26)23(30)13-16-11-12-18(25)14-21(16)27/h3,6-7,10-12,14,19,22H,2,4-5,8-9,13,15H2,1H3,(H,28,31). The van der Waals surface area contributed by atoms with Gasteiger partial charge in [-0.25, -0.2) is 0 Å². The molecule has 1 atom stereocenters. The molecule has 1 unspecified atom stereocenters. The lowest BCUT2D eigenvalue weighted by Crippen LogP contribution is -2.51. The lowest BCUT2D eigenvalue weighted by Gasteiger charge is -2.32. The van der Waals surface area contributed by atoms with Crippen molar-refractivity contribution in [3.63, 3.8) is 0 Å². The van der Waals surface area contributed by atoms with Gasteiger partial charge in [-0.1, -0.05) is 78.8 Å². The zero-order valence-electron chi connectivity index (χ0n) is 17.5. The van der Waals surface area contributed by atoms with Crippen molar-refractivity contribution in [1.29, 1.82) is 0 Å². The maximum atomic E-state index is 13.4. The first-order valence-corrected chi connectivity index (χ1v) is 11.8. The van der Waals surface area contributed by atoms with Crippen LogP contribution in [0, 0.1) is 0 Å². The minimum Gasteiger partial charge on any atom is -0.352 e. The van der Waals surface area contributed by atoms with Crippen molar-refractivity contribution < 1.29 is 9.59 Å². The fraction of sp³-hybridized carbons (Fsp3) is 0.417. The fourth-order valence-corrected chi connectivity index (χ4v) is 4.70. The summed E-state index contributed by atoms with van der Waals surface area (Å²) in [6.07, 6.45) is 4.80. The topological polar surface area (TPSA) is 49.4 Å². The van der Waals surface area contributed by atoms with Crippen LogP contribution < -0.4 is 5.32 Å². The third-order valence-corrected chi connectivity index (χ3v) is 6.70. The summed E-state index contributed by atoms with van der Waals surface area (Å²) in [4.78, 5) is 28.2. The van der Waals surface area contributed by atoms with E-state index in [1.165, 1.54) is 0 Å². The largest absolute Gasteiger partial charge is 0.352 e. The van der Waals surface area contributed by atoms with Crippen molar-refractivity contribution in [3.05, 3.63) is 68.7 Å². The Hall–Kier alpha value is -1.75. The van der Waals surface area contributed by atoms with Crippen LogP contribution in [0.4, 0.5) is 0 Å². The average molecular weight is 482 g/mol. The summed E-state index contributed by atoms with van der Waals surface area (Å²) in [6, 6.07) is 12.0. The van der Waals surface area contributed by atoms with E-state index in [-0.39, 0.29) is 30.8 Å². The number of benzene rings is 2. The summed E-state index contributed by atoms with van der Waals surface area (Å²) >= 11 is 18.7. The van der Waals surface area contributed by atoms with Crippen LogP contribution >= 0.6 is 34.8 Å². The number of halogens is 3. The molecule has 2 aromatic carbocycles. The number of amides is 2. The molecule has 0 aliphatic heterocycles. The second kappa shape index (κ2) is 11.2. The maximum Gasteiger partial charge on any atom is 0.243 e. The Morgan fingerprint density at radius 2 is 1.74 bits per heavy atom. The SMILES string of the molecule is CCC(C(=O)NC1CCCC1)N(Cc1ccccc1Cl)C(=O)Cc1ccc(Cl)cc1Cl. The van der Waals surface area contributed by atoms with Gasteiger partial charge in [0.25, 0.3) is 0 Å². The van der Waals surface area contributed by atoms with E-state index >= 15 is 0 Å². The first-order valence-electron chi connectivity index (χ1n) is 10.7. The smallest absolute Gasteiger partial charge is 0.243 e. The summed E-state index contributed by atoms with van der Waals surface area (Å²) in [7, 11) is 0. The van der Waals surface area contributed by atoms with Gasteiger partial charge in [-0.15, -0.1) is 0 Å². The molecule has 0 saturated heterocycles. The van der Waals surface area contributed by atoms with Crippen molar-refractivity contribution in [1.82, 2.24) is 10.2 Å². The quantitative estimate of drug-likeness (QED) is 0.498. The molecule has 166 valence electrons. The van der Waals surface area contributed by atoms with Gasteiger partial charge in [0.05, 0.1) is 6.42 Å². The minimum absolute atomic E-state index is 0.0770. The Labute approximate surface area is 198 Å². The Morgan fingerprint density at radius 1 is 1.03 bits per heavy atom. The van der Waals surface area contributed by atoms with Gasteiger partial charge in [0.2, 0.25) is 11.8 Å². The van der Waals surface area contributed by atoms with Gasteiger partial charge in [-0.3, -0.25) is 9.59 Å². The van der Waals surface area contributed by atoms with Crippen molar-refractivity contribution in [3.8, 4) is 0 Å². The van der Waals surface area contributed by atoms with Gasteiger partial charge in [0.15, 0.2) is 0 Å². The first kappa shape index (κ1) is 23.9. The van der Waals surface area contributed by atoms with Crippen molar-refractivity contribution >= 4 is 46.6 Å². The molecule has 0 aromatic heterocycles. The second-order valence-electron chi connectivity index (χ2n) is 7.94. The van der Waals surface area contributed by atoms with E-state index in [9.17, 15) is 9.59 Å². The van der Waals surface area contributed by atoms with Crippen LogP contribution in [0.1, 0.15) is 50.2 Å². The maximum absolute atomic E-state index is 13.4. The molecule has 2 amide bonds. The van der Waals surface area contributed by atoms with Crippen LogP contribution in [-0.2, 0) is 22.6 Å². The summed E-state index contributed by atoms with van der Waals surface area (Å²) in [5.74, 6) is -0.297. The van der Waals surface area contributed by atoms with E-state index in [4.69, 9.17) is 34.8 Å². The molecule has 31 heavy (non-hydrogen) atoms. The predicted octanol–water partition coefficient (Wildman–Crippen LogP) is 6.06. The van der Waals surface area contributed by atoms with Gasteiger partial charge in [0.1, 0.15) is 6.04 Å². The van der Waals surface area contributed by atoms with E-state index in [1.54, 1.807) is 29.2 Å². The molecule has 1 aliphatic carbocycles. The van der Waals surface area contributed by atoms with E-state index < -0.39 is 6.04 Å². The average Bonchev–Trinajstić information content (AvgIpc) is 3.24. The molecule has 1 saturated carbocycles. The molecule has 0 spiro atoms.